The zero-order valence-corrected chi connectivity index (χ0v) is 6.30. The summed E-state index contributed by atoms with van der Waals surface area (Å²) in [5.74, 6) is 0.255. The molecule has 1 heterocycles. The van der Waals surface area contributed by atoms with E-state index in [-0.39, 0.29) is 12.3 Å². The van der Waals surface area contributed by atoms with Crippen LogP contribution in [0.25, 0.3) is 0 Å². The second-order valence-electron chi connectivity index (χ2n) is 1.85. The molecule has 0 saturated heterocycles. The first-order valence-corrected chi connectivity index (χ1v) is 3.83. The van der Waals surface area contributed by atoms with Gasteiger partial charge in [0.05, 0.1) is 18.5 Å². The Labute approximate surface area is 65.8 Å². The van der Waals surface area contributed by atoms with Crippen molar-refractivity contribution in [2.75, 3.05) is 0 Å². The molecule has 1 aliphatic rings. The first kappa shape index (κ1) is 8.13. The van der Waals surface area contributed by atoms with E-state index in [1.807, 2.05) is 6.07 Å². The number of nitrogens with two attached hydrogens (primary N) is 1. The van der Waals surface area contributed by atoms with Gasteiger partial charge in [0.15, 0.2) is 5.84 Å². The van der Waals surface area contributed by atoms with Gasteiger partial charge in [0, 0.05) is 0 Å². The minimum Gasteiger partial charge on any atom is -0.320 e. The third-order valence-corrected chi connectivity index (χ3v) is 1.62. The highest BCUT2D eigenvalue weighted by molar-refractivity contribution is 7.79. The van der Waals surface area contributed by atoms with Gasteiger partial charge in [0.1, 0.15) is 0 Å². The molecule has 0 aliphatic carbocycles. The van der Waals surface area contributed by atoms with E-state index in [1.165, 1.54) is 0 Å². The summed E-state index contributed by atoms with van der Waals surface area (Å²) in [7, 11) is 0. The molecular weight excluding hydrogens is 168 g/mol. The smallest absolute Gasteiger partial charge is 0.309 e. The van der Waals surface area contributed by atoms with Crippen molar-refractivity contribution in [2.24, 2.45) is 10.1 Å². The summed E-state index contributed by atoms with van der Waals surface area (Å²) in [6.07, 6.45) is 0.117. The van der Waals surface area contributed by atoms with Gasteiger partial charge in [-0.15, -0.1) is 4.40 Å². The molecule has 2 unspecified atom stereocenters. The van der Waals surface area contributed by atoms with Crippen LogP contribution in [-0.4, -0.2) is 16.1 Å². The monoisotopic (exact) mass is 174 g/mol. The minimum atomic E-state index is -1.69. The molecule has 1 rings (SSSR count). The Morgan fingerprint density at radius 2 is 2.73 bits per heavy atom. The van der Waals surface area contributed by atoms with Crippen molar-refractivity contribution < 1.29 is 8.49 Å². The Morgan fingerprint density at radius 3 is 3.18 bits per heavy atom. The normalized spacial score (nSPS) is 25.1. The number of nitriles is 1. The fraction of sp³-hybridized carbons (Fsp3) is 0.500. The number of hydroxylamine groups is 1. The van der Waals surface area contributed by atoms with Gasteiger partial charge in [-0.2, -0.15) is 9.55 Å². The molecule has 0 aromatic carbocycles. The zero-order valence-electron chi connectivity index (χ0n) is 5.48. The SMILES string of the molecule is N#CCC(N)C1=NS(=O)ON1. The van der Waals surface area contributed by atoms with Crippen LogP contribution in [0, 0.1) is 11.3 Å². The second kappa shape index (κ2) is 3.43. The molecule has 0 amide bonds. The summed E-state index contributed by atoms with van der Waals surface area (Å²) >= 11 is -1.69. The van der Waals surface area contributed by atoms with Crippen molar-refractivity contribution in [3.8, 4) is 6.07 Å². The van der Waals surface area contributed by atoms with Crippen molar-refractivity contribution in [1.82, 2.24) is 5.48 Å². The lowest BCUT2D eigenvalue weighted by Crippen LogP contribution is -2.37. The van der Waals surface area contributed by atoms with E-state index in [4.69, 9.17) is 11.0 Å². The highest BCUT2D eigenvalue weighted by Gasteiger charge is 2.19. The lowest BCUT2D eigenvalue weighted by molar-refractivity contribution is 0.301. The van der Waals surface area contributed by atoms with Crippen LogP contribution in [0.5, 0.6) is 0 Å². The quantitative estimate of drug-likeness (QED) is 0.544. The minimum absolute atomic E-state index is 0.117. The molecule has 0 aromatic heterocycles. The van der Waals surface area contributed by atoms with Gasteiger partial charge < -0.3 is 5.73 Å². The third kappa shape index (κ3) is 1.98. The number of rotatable bonds is 2. The van der Waals surface area contributed by atoms with Gasteiger partial charge in [-0.1, -0.05) is 0 Å². The summed E-state index contributed by atoms with van der Waals surface area (Å²) in [6.45, 7) is 0. The molecule has 0 bridgehead atoms. The Morgan fingerprint density at radius 1 is 2.00 bits per heavy atom. The average molecular weight is 174 g/mol. The van der Waals surface area contributed by atoms with Crippen LogP contribution in [0.2, 0.25) is 0 Å². The van der Waals surface area contributed by atoms with Crippen LogP contribution < -0.4 is 11.2 Å². The predicted octanol–water partition coefficient (Wildman–Crippen LogP) is -1.26. The summed E-state index contributed by atoms with van der Waals surface area (Å²) in [4.78, 5) is 0. The highest BCUT2D eigenvalue weighted by atomic mass is 32.2. The Balaban J connectivity index is 2.55. The first-order chi connectivity index (χ1) is 5.24. The highest BCUT2D eigenvalue weighted by Crippen LogP contribution is 1.99. The van der Waals surface area contributed by atoms with E-state index >= 15 is 0 Å². The van der Waals surface area contributed by atoms with Crippen molar-refractivity contribution in [3.63, 3.8) is 0 Å². The molecule has 2 atom stereocenters. The fourth-order valence-corrected chi connectivity index (χ4v) is 1.06. The molecule has 3 N–H and O–H groups in total. The van der Waals surface area contributed by atoms with Crippen LogP contribution in [0.1, 0.15) is 6.42 Å². The number of amidine groups is 1. The van der Waals surface area contributed by atoms with E-state index in [2.05, 4.69) is 14.2 Å². The first-order valence-electron chi connectivity index (χ1n) is 2.80. The van der Waals surface area contributed by atoms with Crippen LogP contribution in [0.15, 0.2) is 4.40 Å². The molecule has 0 saturated carbocycles. The van der Waals surface area contributed by atoms with E-state index in [9.17, 15) is 4.21 Å². The molecule has 0 radical (unpaired) electrons. The van der Waals surface area contributed by atoms with Crippen LogP contribution in [-0.2, 0) is 15.6 Å². The maximum atomic E-state index is 10.5. The molecule has 1 aliphatic heterocycles. The van der Waals surface area contributed by atoms with Crippen molar-refractivity contribution in [3.05, 3.63) is 0 Å². The molecule has 0 spiro atoms. The maximum absolute atomic E-state index is 10.5. The lowest BCUT2D eigenvalue weighted by atomic mass is 10.2. The van der Waals surface area contributed by atoms with Crippen LogP contribution in [0.4, 0.5) is 0 Å². The molecule has 60 valence electrons. The topological polar surface area (TPSA) is 101 Å². The molecular formula is C4H6N4O2S. The van der Waals surface area contributed by atoms with Gasteiger partial charge in [0.25, 0.3) is 0 Å². The van der Waals surface area contributed by atoms with Gasteiger partial charge in [-0.25, -0.2) is 9.69 Å². The van der Waals surface area contributed by atoms with E-state index in [0.717, 1.165) is 0 Å². The molecule has 0 fully saturated rings. The average Bonchev–Trinajstić information content (AvgIpc) is 2.36. The summed E-state index contributed by atoms with van der Waals surface area (Å²) in [5.41, 5.74) is 7.69. The fourth-order valence-electron chi connectivity index (χ4n) is 0.534. The van der Waals surface area contributed by atoms with Gasteiger partial charge in [0.2, 0.25) is 0 Å². The summed E-state index contributed by atoms with van der Waals surface area (Å²) in [6, 6.07) is 1.31. The van der Waals surface area contributed by atoms with Crippen molar-refractivity contribution in [2.45, 2.75) is 12.5 Å². The van der Waals surface area contributed by atoms with E-state index < -0.39 is 17.3 Å². The maximum Gasteiger partial charge on any atom is 0.309 e. The van der Waals surface area contributed by atoms with Gasteiger partial charge in [-0.05, 0) is 0 Å². The standard InChI is InChI=1S/C4H6N4O2S/c5-2-1-3(6)4-7-10-11(9)8-4/h3H,1,6H2,(H,7,8). The van der Waals surface area contributed by atoms with E-state index in [0.29, 0.717) is 0 Å². The van der Waals surface area contributed by atoms with Crippen molar-refractivity contribution in [1.29, 1.82) is 5.26 Å². The van der Waals surface area contributed by atoms with E-state index in [1.54, 1.807) is 0 Å². The Bertz CT molecular complexity index is 245. The predicted molar refractivity (Wildman–Crippen MR) is 38.0 cm³/mol. The number of nitrogens with zero attached hydrogens (tertiary/aromatic N) is 2. The zero-order chi connectivity index (χ0) is 8.27. The lowest BCUT2D eigenvalue weighted by Gasteiger charge is -2.03. The number of nitrogens with one attached hydrogen (secondary N) is 1. The Kier molecular flexibility index (Phi) is 2.53. The summed E-state index contributed by atoms with van der Waals surface area (Å²) < 4.78 is 18.3. The van der Waals surface area contributed by atoms with Gasteiger partial charge in [-0.3, -0.25) is 0 Å². The number of hydrogen-bond acceptors (Lipinski definition) is 5. The molecule has 0 aromatic rings. The largest absolute Gasteiger partial charge is 0.320 e. The Hall–Kier alpha value is -0.970. The van der Waals surface area contributed by atoms with Crippen LogP contribution in [0.3, 0.4) is 0 Å². The third-order valence-electron chi connectivity index (χ3n) is 1.05. The molecule has 11 heavy (non-hydrogen) atoms. The second-order valence-corrected chi connectivity index (χ2v) is 2.63. The summed E-state index contributed by atoms with van der Waals surface area (Å²) in [5, 5.41) is 8.23. The van der Waals surface area contributed by atoms with Crippen molar-refractivity contribution >= 4 is 17.1 Å². The molecule has 7 heteroatoms. The van der Waals surface area contributed by atoms with Gasteiger partial charge >= 0.3 is 11.3 Å². The van der Waals surface area contributed by atoms with Crippen LogP contribution >= 0.6 is 0 Å². The number of hydrogen-bond donors (Lipinski definition) is 2. The molecule has 6 nitrogen and oxygen atoms in total.